The van der Waals surface area contributed by atoms with Crippen LogP contribution in [0.3, 0.4) is 0 Å². The summed E-state index contributed by atoms with van der Waals surface area (Å²) in [5, 5.41) is 4.59. The molecule has 0 aromatic heterocycles. The van der Waals surface area contributed by atoms with E-state index in [0.29, 0.717) is 0 Å². The quantitative estimate of drug-likeness (QED) is 0.0686. The summed E-state index contributed by atoms with van der Waals surface area (Å²) in [6.07, 6.45) is 8.71. The summed E-state index contributed by atoms with van der Waals surface area (Å²) in [6.45, 7) is 0. The maximum absolute atomic E-state index is 2.45. The fraction of sp³-hybridized carbons (Fsp3) is 0. The van der Waals surface area contributed by atoms with Gasteiger partial charge >= 0.3 is 0 Å². The molecule has 0 N–H and O–H groups in total. The number of hydrogen-bond acceptors (Lipinski definition) is 2. The first-order valence-electron chi connectivity index (χ1n) is 23.2. The fourth-order valence-corrected chi connectivity index (χ4v) is 9.23. The van der Waals surface area contributed by atoms with Gasteiger partial charge in [-0.3, -0.25) is 0 Å². The van der Waals surface area contributed by atoms with E-state index in [1.807, 2.05) is 0 Å². The van der Waals surface area contributed by atoms with E-state index in [-0.39, 0.29) is 0 Å². The van der Waals surface area contributed by atoms with Crippen LogP contribution in [0.1, 0.15) is 22.3 Å². The molecule has 0 amide bonds. The Balaban J connectivity index is 1.10. The van der Waals surface area contributed by atoms with Gasteiger partial charge in [-0.15, -0.1) is 0 Å². The van der Waals surface area contributed by atoms with Gasteiger partial charge in [-0.1, -0.05) is 243 Å². The lowest BCUT2D eigenvalue weighted by Gasteiger charge is -2.33. The smallest absolute Gasteiger partial charge is 0.0619 e. The molecule has 11 rings (SSSR count). The lowest BCUT2D eigenvalue weighted by Crippen LogP contribution is -2.14. The number of nitrogens with zero attached hydrogens (tertiary/aromatic N) is 2. The molecule has 0 atom stereocenters. The maximum Gasteiger partial charge on any atom is 0.0619 e. The first-order valence-corrected chi connectivity index (χ1v) is 23.2. The van der Waals surface area contributed by atoms with Crippen LogP contribution >= 0.6 is 0 Å². The molecule has 0 radical (unpaired) electrons. The van der Waals surface area contributed by atoms with E-state index in [1.165, 1.54) is 33.4 Å². The van der Waals surface area contributed by atoms with Gasteiger partial charge in [0.25, 0.3) is 0 Å². The molecule has 11 aromatic rings. The van der Waals surface area contributed by atoms with Gasteiger partial charge in [0.15, 0.2) is 0 Å². The van der Waals surface area contributed by atoms with Gasteiger partial charge in [-0.25, -0.2) is 0 Å². The minimum atomic E-state index is 1.07. The standard InChI is InChI=1S/C66H48N2/c1-5-17-49(18-6-1)29-31-51-33-41-57(42-34-51)67(59-45-37-55(38-46-59)53-21-9-3-10-22-53)65-61-25-13-15-27-63(61)66(64-28-16-14-26-62(64)65)68(60-47-39-56(40-48-60)54-23-11-4-12-24-54)58-43-35-52(36-44-58)32-30-50-19-7-2-8-20-50/h1-48H. The second-order valence-corrected chi connectivity index (χ2v) is 17.0. The zero-order chi connectivity index (χ0) is 45.5. The Morgan fingerprint density at radius 2 is 0.412 bits per heavy atom. The fourth-order valence-electron chi connectivity index (χ4n) is 9.23. The van der Waals surface area contributed by atoms with Gasteiger partial charge in [-0.2, -0.15) is 0 Å². The molecular weight excluding hydrogens is 821 g/mol. The number of fused-ring (bicyclic) bond motifs is 2. The van der Waals surface area contributed by atoms with Crippen molar-refractivity contribution < 1.29 is 0 Å². The molecular formula is C66H48N2. The molecule has 0 aliphatic rings. The Bertz CT molecular complexity index is 3200. The minimum absolute atomic E-state index is 1.07. The summed E-state index contributed by atoms with van der Waals surface area (Å²) in [4.78, 5) is 4.89. The Kier molecular flexibility index (Phi) is 11.8. The zero-order valence-electron chi connectivity index (χ0n) is 37.6. The average Bonchev–Trinajstić information content (AvgIpc) is 3.42. The number of hydrogen-bond donors (Lipinski definition) is 0. The van der Waals surface area contributed by atoms with E-state index in [0.717, 1.165) is 66.8 Å². The SMILES string of the molecule is C(=Cc1ccc(N(c2ccc(-c3ccccc3)cc2)c2c3ccccc3c(N(c3ccc(C=Cc4ccccc4)cc3)c3ccc(-c4ccccc4)cc3)c3ccccc23)cc1)c1ccccc1. The summed E-state index contributed by atoms with van der Waals surface area (Å²) >= 11 is 0. The molecule has 0 saturated carbocycles. The number of rotatable bonds is 12. The van der Waals surface area contributed by atoms with Crippen LogP contribution in [0.4, 0.5) is 34.1 Å². The molecule has 68 heavy (non-hydrogen) atoms. The summed E-state index contributed by atoms with van der Waals surface area (Å²) in [5.74, 6) is 0. The van der Waals surface area contributed by atoms with Crippen molar-refractivity contribution in [1.82, 2.24) is 0 Å². The topological polar surface area (TPSA) is 6.48 Å². The summed E-state index contributed by atoms with van der Waals surface area (Å²) in [6, 6.07) is 95.9. The second-order valence-electron chi connectivity index (χ2n) is 17.0. The van der Waals surface area contributed by atoms with Crippen molar-refractivity contribution in [2.75, 3.05) is 9.80 Å². The molecule has 322 valence electrons. The van der Waals surface area contributed by atoms with Crippen LogP contribution in [0, 0.1) is 0 Å². The normalized spacial score (nSPS) is 11.4. The van der Waals surface area contributed by atoms with Gasteiger partial charge in [0.2, 0.25) is 0 Å². The molecule has 0 bridgehead atoms. The van der Waals surface area contributed by atoms with Crippen LogP contribution in [0.2, 0.25) is 0 Å². The van der Waals surface area contributed by atoms with E-state index in [2.05, 4.69) is 301 Å². The lowest BCUT2D eigenvalue weighted by atomic mass is 9.95. The first kappa shape index (κ1) is 41.7. The van der Waals surface area contributed by atoms with Crippen LogP contribution in [0.15, 0.2) is 267 Å². The van der Waals surface area contributed by atoms with Crippen molar-refractivity contribution in [3.05, 3.63) is 289 Å². The molecule has 0 heterocycles. The highest BCUT2D eigenvalue weighted by molar-refractivity contribution is 6.23. The highest BCUT2D eigenvalue weighted by Crippen LogP contribution is 2.51. The molecule has 2 nitrogen and oxygen atoms in total. The molecule has 0 saturated heterocycles. The molecule has 0 spiro atoms. The predicted molar refractivity (Wildman–Crippen MR) is 292 cm³/mol. The zero-order valence-corrected chi connectivity index (χ0v) is 37.6. The summed E-state index contributed by atoms with van der Waals surface area (Å²) in [7, 11) is 0. The van der Waals surface area contributed by atoms with Crippen LogP contribution in [-0.2, 0) is 0 Å². The van der Waals surface area contributed by atoms with Crippen molar-refractivity contribution in [2.45, 2.75) is 0 Å². The van der Waals surface area contributed by atoms with Crippen molar-refractivity contribution >= 4 is 80.0 Å². The highest BCUT2D eigenvalue weighted by Gasteiger charge is 2.25. The third-order valence-electron chi connectivity index (χ3n) is 12.6. The van der Waals surface area contributed by atoms with E-state index >= 15 is 0 Å². The van der Waals surface area contributed by atoms with Crippen LogP contribution in [0.25, 0.3) is 68.1 Å². The number of anilines is 6. The van der Waals surface area contributed by atoms with Gasteiger partial charge in [0.1, 0.15) is 0 Å². The van der Waals surface area contributed by atoms with Crippen molar-refractivity contribution in [3.63, 3.8) is 0 Å². The van der Waals surface area contributed by atoms with Crippen molar-refractivity contribution in [1.29, 1.82) is 0 Å². The Morgan fingerprint density at radius 1 is 0.191 bits per heavy atom. The maximum atomic E-state index is 2.45. The second kappa shape index (κ2) is 19.2. The Hall–Kier alpha value is -8.98. The van der Waals surface area contributed by atoms with E-state index in [1.54, 1.807) is 0 Å². The first-order chi connectivity index (χ1) is 33.7. The van der Waals surface area contributed by atoms with Gasteiger partial charge in [-0.05, 0) is 93.0 Å². The Morgan fingerprint density at radius 3 is 0.706 bits per heavy atom. The lowest BCUT2D eigenvalue weighted by molar-refractivity contribution is 1.29. The largest absolute Gasteiger partial charge is 0.309 e. The molecule has 0 aliphatic heterocycles. The van der Waals surface area contributed by atoms with E-state index in [9.17, 15) is 0 Å². The van der Waals surface area contributed by atoms with Crippen molar-refractivity contribution in [3.8, 4) is 22.3 Å². The molecule has 0 fully saturated rings. The summed E-state index contributed by atoms with van der Waals surface area (Å²) < 4.78 is 0. The third-order valence-corrected chi connectivity index (χ3v) is 12.6. The van der Waals surface area contributed by atoms with E-state index < -0.39 is 0 Å². The molecule has 0 aliphatic carbocycles. The van der Waals surface area contributed by atoms with Crippen LogP contribution in [0.5, 0.6) is 0 Å². The van der Waals surface area contributed by atoms with Crippen molar-refractivity contribution in [2.24, 2.45) is 0 Å². The van der Waals surface area contributed by atoms with Gasteiger partial charge in [0, 0.05) is 44.3 Å². The molecule has 0 unspecified atom stereocenters. The predicted octanol–water partition coefficient (Wildman–Crippen LogP) is 18.6. The average molecular weight is 869 g/mol. The third kappa shape index (κ3) is 8.75. The van der Waals surface area contributed by atoms with Gasteiger partial charge in [0.05, 0.1) is 11.4 Å². The van der Waals surface area contributed by atoms with E-state index in [4.69, 9.17) is 0 Å². The van der Waals surface area contributed by atoms with Gasteiger partial charge < -0.3 is 9.80 Å². The molecule has 11 aromatic carbocycles. The summed E-state index contributed by atoms with van der Waals surface area (Å²) in [5.41, 5.74) is 15.9. The monoisotopic (exact) mass is 868 g/mol. The Labute approximate surface area is 399 Å². The molecule has 2 heteroatoms. The van der Waals surface area contributed by atoms with Crippen LogP contribution in [-0.4, -0.2) is 0 Å². The van der Waals surface area contributed by atoms with Crippen LogP contribution < -0.4 is 9.80 Å². The highest BCUT2D eigenvalue weighted by atomic mass is 15.2. The number of benzene rings is 11. The minimum Gasteiger partial charge on any atom is -0.309 e.